The lowest BCUT2D eigenvalue weighted by molar-refractivity contribution is 0.410. The number of ether oxygens (including phenoxy) is 1. The molecule has 0 atom stereocenters. The van der Waals surface area contributed by atoms with Gasteiger partial charge in [0.05, 0.1) is 7.11 Å². The highest BCUT2D eigenvalue weighted by Gasteiger charge is 2.09. The minimum Gasteiger partial charge on any atom is -0.496 e. The highest BCUT2D eigenvalue weighted by Crippen LogP contribution is 2.29. The Morgan fingerprint density at radius 2 is 1.85 bits per heavy atom. The molecule has 0 saturated heterocycles. The fourth-order valence-corrected chi connectivity index (χ4v) is 2.48. The summed E-state index contributed by atoms with van der Waals surface area (Å²) in [5.74, 6) is 1.29. The van der Waals surface area contributed by atoms with Crippen molar-refractivity contribution in [3.63, 3.8) is 0 Å². The first-order valence-corrected chi connectivity index (χ1v) is 7.15. The van der Waals surface area contributed by atoms with Gasteiger partial charge in [0.15, 0.2) is 0 Å². The van der Waals surface area contributed by atoms with E-state index in [1.807, 2.05) is 24.3 Å². The number of anilines is 1. The first-order valence-electron chi connectivity index (χ1n) is 6.77. The first-order chi connectivity index (χ1) is 9.63. The highest BCUT2D eigenvalue weighted by molar-refractivity contribution is 6.31. The summed E-state index contributed by atoms with van der Waals surface area (Å²) in [7, 11) is 1.66. The summed E-state index contributed by atoms with van der Waals surface area (Å²) in [6, 6.07) is 14.1. The van der Waals surface area contributed by atoms with Gasteiger partial charge in [-0.05, 0) is 29.7 Å². The highest BCUT2D eigenvalue weighted by atomic mass is 35.5. The number of nitrogens with one attached hydrogen (secondary N) is 1. The van der Waals surface area contributed by atoms with Crippen molar-refractivity contribution in [1.82, 2.24) is 0 Å². The van der Waals surface area contributed by atoms with E-state index in [1.54, 1.807) is 7.11 Å². The number of rotatable bonds is 5. The molecule has 0 radical (unpaired) electrons. The molecule has 0 heterocycles. The Balaban J connectivity index is 2.21. The molecule has 0 aliphatic carbocycles. The second-order valence-corrected chi connectivity index (χ2v) is 5.42. The van der Waals surface area contributed by atoms with Crippen molar-refractivity contribution in [2.75, 3.05) is 12.4 Å². The lowest BCUT2D eigenvalue weighted by Gasteiger charge is -2.16. The third-order valence-corrected chi connectivity index (χ3v) is 3.69. The van der Waals surface area contributed by atoms with Crippen LogP contribution in [-0.2, 0) is 6.54 Å². The lowest BCUT2D eigenvalue weighted by Crippen LogP contribution is -2.05. The Labute approximate surface area is 125 Å². The Morgan fingerprint density at radius 3 is 2.55 bits per heavy atom. The maximum Gasteiger partial charge on any atom is 0.125 e. The standard InChI is InChI=1S/C17H20ClNO/c1-12(2)13-7-4-5-9-16(13)19-11-14-15(18)8-6-10-17(14)20-3/h4-10,12,19H,11H2,1-3H3. The van der Waals surface area contributed by atoms with Crippen LogP contribution < -0.4 is 10.1 Å². The molecule has 0 spiro atoms. The third-order valence-electron chi connectivity index (χ3n) is 3.33. The summed E-state index contributed by atoms with van der Waals surface area (Å²) < 4.78 is 5.37. The zero-order chi connectivity index (χ0) is 14.5. The molecule has 2 rings (SSSR count). The molecule has 20 heavy (non-hydrogen) atoms. The van der Waals surface area contributed by atoms with Gasteiger partial charge in [-0.1, -0.05) is 49.7 Å². The molecule has 2 aromatic carbocycles. The van der Waals surface area contributed by atoms with Gasteiger partial charge in [-0.3, -0.25) is 0 Å². The van der Waals surface area contributed by atoms with E-state index in [2.05, 4.69) is 37.4 Å². The van der Waals surface area contributed by atoms with Gasteiger partial charge in [0, 0.05) is 22.8 Å². The molecule has 2 aromatic rings. The maximum atomic E-state index is 6.26. The third kappa shape index (κ3) is 3.26. The molecular weight excluding hydrogens is 270 g/mol. The summed E-state index contributed by atoms with van der Waals surface area (Å²) in [6.07, 6.45) is 0. The fourth-order valence-electron chi connectivity index (χ4n) is 2.25. The van der Waals surface area contributed by atoms with Crippen LogP contribution in [-0.4, -0.2) is 7.11 Å². The van der Waals surface area contributed by atoms with Crippen LogP contribution in [0.4, 0.5) is 5.69 Å². The average molecular weight is 290 g/mol. The second-order valence-electron chi connectivity index (χ2n) is 5.02. The van der Waals surface area contributed by atoms with Gasteiger partial charge in [0.1, 0.15) is 5.75 Å². The summed E-state index contributed by atoms with van der Waals surface area (Å²) >= 11 is 6.26. The van der Waals surface area contributed by atoms with Crippen molar-refractivity contribution < 1.29 is 4.74 Å². The van der Waals surface area contributed by atoms with E-state index in [-0.39, 0.29) is 0 Å². The molecule has 0 aromatic heterocycles. The van der Waals surface area contributed by atoms with Gasteiger partial charge in [0.2, 0.25) is 0 Å². The predicted octanol–water partition coefficient (Wildman–Crippen LogP) is 5.08. The van der Waals surface area contributed by atoms with E-state index in [1.165, 1.54) is 5.56 Å². The smallest absolute Gasteiger partial charge is 0.125 e. The van der Waals surface area contributed by atoms with Crippen molar-refractivity contribution in [1.29, 1.82) is 0 Å². The fraction of sp³-hybridized carbons (Fsp3) is 0.294. The number of hydrogen-bond donors (Lipinski definition) is 1. The molecule has 3 heteroatoms. The van der Waals surface area contributed by atoms with Gasteiger partial charge in [-0.25, -0.2) is 0 Å². The van der Waals surface area contributed by atoms with Crippen LogP contribution in [0.3, 0.4) is 0 Å². The quantitative estimate of drug-likeness (QED) is 0.828. The van der Waals surface area contributed by atoms with Crippen LogP contribution in [0.1, 0.15) is 30.9 Å². The van der Waals surface area contributed by atoms with E-state index in [0.717, 1.165) is 22.0 Å². The second kappa shape index (κ2) is 6.67. The summed E-state index contributed by atoms with van der Waals surface area (Å²) in [5.41, 5.74) is 3.43. The average Bonchev–Trinajstić information content (AvgIpc) is 2.46. The molecule has 2 nitrogen and oxygen atoms in total. The van der Waals surface area contributed by atoms with Gasteiger partial charge in [-0.2, -0.15) is 0 Å². The largest absolute Gasteiger partial charge is 0.496 e. The number of benzene rings is 2. The van der Waals surface area contributed by atoms with Crippen molar-refractivity contribution in [2.45, 2.75) is 26.3 Å². The topological polar surface area (TPSA) is 21.3 Å². The molecule has 1 N–H and O–H groups in total. The Hall–Kier alpha value is -1.67. The summed E-state index contributed by atoms with van der Waals surface area (Å²) in [6.45, 7) is 5.03. The Kier molecular flexibility index (Phi) is 4.91. The number of para-hydroxylation sites is 1. The molecule has 0 aliphatic rings. The number of hydrogen-bond acceptors (Lipinski definition) is 2. The predicted molar refractivity (Wildman–Crippen MR) is 85.9 cm³/mol. The normalized spacial score (nSPS) is 10.7. The van der Waals surface area contributed by atoms with Crippen LogP contribution in [0, 0.1) is 0 Å². The van der Waals surface area contributed by atoms with Gasteiger partial charge >= 0.3 is 0 Å². The van der Waals surface area contributed by atoms with Crippen molar-refractivity contribution in [3.05, 3.63) is 58.6 Å². The molecule has 0 saturated carbocycles. The Bertz CT molecular complexity index is 581. The van der Waals surface area contributed by atoms with E-state index in [0.29, 0.717) is 12.5 Å². The first kappa shape index (κ1) is 14.7. The Morgan fingerprint density at radius 1 is 1.10 bits per heavy atom. The minimum absolute atomic E-state index is 0.479. The molecular formula is C17H20ClNO. The van der Waals surface area contributed by atoms with Crippen LogP contribution in [0.2, 0.25) is 5.02 Å². The molecule has 106 valence electrons. The van der Waals surface area contributed by atoms with Gasteiger partial charge in [-0.15, -0.1) is 0 Å². The molecule has 0 unspecified atom stereocenters. The van der Waals surface area contributed by atoms with Crippen molar-refractivity contribution in [3.8, 4) is 5.75 Å². The minimum atomic E-state index is 0.479. The number of methoxy groups -OCH3 is 1. The van der Waals surface area contributed by atoms with Crippen molar-refractivity contribution in [2.24, 2.45) is 0 Å². The van der Waals surface area contributed by atoms with E-state index in [4.69, 9.17) is 16.3 Å². The number of halogens is 1. The maximum absolute atomic E-state index is 6.26. The van der Waals surface area contributed by atoms with Crippen LogP contribution in [0.5, 0.6) is 5.75 Å². The monoisotopic (exact) mass is 289 g/mol. The van der Waals surface area contributed by atoms with Crippen LogP contribution in [0.15, 0.2) is 42.5 Å². The molecule has 0 amide bonds. The van der Waals surface area contributed by atoms with E-state index >= 15 is 0 Å². The van der Waals surface area contributed by atoms with E-state index in [9.17, 15) is 0 Å². The SMILES string of the molecule is COc1cccc(Cl)c1CNc1ccccc1C(C)C. The molecule has 0 fully saturated rings. The van der Waals surface area contributed by atoms with Gasteiger partial charge < -0.3 is 10.1 Å². The zero-order valence-corrected chi connectivity index (χ0v) is 12.9. The molecule has 0 aliphatic heterocycles. The van der Waals surface area contributed by atoms with Crippen LogP contribution >= 0.6 is 11.6 Å². The molecule has 0 bridgehead atoms. The summed E-state index contributed by atoms with van der Waals surface area (Å²) in [4.78, 5) is 0. The van der Waals surface area contributed by atoms with Crippen LogP contribution in [0.25, 0.3) is 0 Å². The lowest BCUT2D eigenvalue weighted by atomic mass is 10.0. The van der Waals surface area contributed by atoms with E-state index < -0.39 is 0 Å². The zero-order valence-electron chi connectivity index (χ0n) is 12.1. The van der Waals surface area contributed by atoms with Crippen molar-refractivity contribution >= 4 is 17.3 Å². The van der Waals surface area contributed by atoms with Gasteiger partial charge in [0.25, 0.3) is 0 Å². The summed E-state index contributed by atoms with van der Waals surface area (Å²) in [5, 5.41) is 4.18.